The van der Waals surface area contributed by atoms with Crippen molar-refractivity contribution in [3.05, 3.63) is 10.4 Å². The zero-order valence-corrected chi connectivity index (χ0v) is 14.3. The van der Waals surface area contributed by atoms with Gasteiger partial charge in [-0.25, -0.2) is 0 Å². The van der Waals surface area contributed by atoms with Gasteiger partial charge in [0.15, 0.2) is 6.10 Å². The van der Waals surface area contributed by atoms with Gasteiger partial charge in [-0.2, -0.15) is 0 Å². The predicted octanol–water partition coefficient (Wildman–Crippen LogP) is 1.56. The van der Waals surface area contributed by atoms with E-state index in [-0.39, 0.29) is 13.0 Å². The molecule has 4 atom stereocenters. The van der Waals surface area contributed by atoms with Gasteiger partial charge >= 0.3 is 17.9 Å². The minimum atomic E-state index is -1.52. The molecule has 0 saturated carbocycles. The predicted molar refractivity (Wildman–Crippen MR) is 78.0 cm³/mol. The van der Waals surface area contributed by atoms with Crippen LogP contribution in [-0.2, 0) is 33.3 Å². The maximum atomic E-state index is 11.3. The number of esters is 3. The zero-order valence-electron chi connectivity index (χ0n) is 12.7. The first-order valence-electron chi connectivity index (χ1n) is 6.57. The summed E-state index contributed by atoms with van der Waals surface area (Å²) in [5, 5.41) is 3.47. The van der Waals surface area contributed by atoms with Crippen LogP contribution in [0.3, 0.4) is 0 Å². The summed E-state index contributed by atoms with van der Waals surface area (Å²) in [6.45, 7) is 3.28. The third-order valence-corrected chi connectivity index (χ3v) is 3.45. The minimum Gasteiger partial charge on any atom is -0.463 e. The molecule has 1 fully saturated rings. The van der Waals surface area contributed by atoms with Gasteiger partial charge < -0.3 is 18.9 Å². The van der Waals surface area contributed by atoms with Crippen LogP contribution in [0, 0.1) is 0 Å². The molecule has 1 heterocycles. The van der Waals surface area contributed by atoms with Crippen LogP contribution in [0.2, 0.25) is 0 Å². The van der Waals surface area contributed by atoms with Crippen LogP contribution in [0.5, 0.6) is 0 Å². The molecule has 0 bridgehead atoms. The summed E-state index contributed by atoms with van der Waals surface area (Å²) in [5.41, 5.74) is 8.64. The molecule has 23 heavy (non-hydrogen) atoms. The smallest absolute Gasteiger partial charge is 0.303 e. The van der Waals surface area contributed by atoms with Crippen LogP contribution >= 0.6 is 15.9 Å². The number of carbonyl (C=O) groups is 3. The quantitative estimate of drug-likeness (QED) is 0.131. The molecule has 0 spiro atoms. The van der Waals surface area contributed by atoms with Gasteiger partial charge in [0.25, 0.3) is 0 Å². The largest absolute Gasteiger partial charge is 0.463 e. The van der Waals surface area contributed by atoms with Gasteiger partial charge in [0.1, 0.15) is 18.8 Å². The average Bonchev–Trinajstić information content (AvgIpc) is 2.38. The lowest BCUT2D eigenvalue weighted by Crippen LogP contribution is -2.56. The van der Waals surface area contributed by atoms with Crippen molar-refractivity contribution in [2.24, 2.45) is 5.11 Å². The van der Waals surface area contributed by atoms with Crippen molar-refractivity contribution in [3.63, 3.8) is 0 Å². The molecular weight excluding hydrogens is 378 g/mol. The summed E-state index contributed by atoms with van der Waals surface area (Å²) in [5.74, 6) is -1.82. The molecule has 128 valence electrons. The number of hydrogen-bond acceptors (Lipinski definition) is 8. The fraction of sp³-hybridized carbons (Fsp3) is 0.750. The summed E-state index contributed by atoms with van der Waals surface area (Å²) in [7, 11) is 0. The SMILES string of the molecule is CC(=O)OC[C@H]1O[C@@](Br)(N=[N+]=[N-])C[C@@H](OC(C)=O)[C@H]1OC(C)=O. The Morgan fingerprint density at radius 2 is 1.87 bits per heavy atom. The first-order valence-corrected chi connectivity index (χ1v) is 7.37. The highest BCUT2D eigenvalue weighted by molar-refractivity contribution is 9.10. The van der Waals surface area contributed by atoms with Crippen LogP contribution in [-0.4, -0.2) is 47.5 Å². The molecule has 0 aromatic heterocycles. The average molecular weight is 394 g/mol. The highest BCUT2D eigenvalue weighted by Crippen LogP contribution is 2.38. The number of rotatable bonds is 5. The molecule has 0 N–H and O–H groups in total. The Morgan fingerprint density at radius 3 is 2.35 bits per heavy atom. The lowest BCUT2D eigenvalue weighted by atomic mass is 10.0. The van der Waals surface area contributed by atoms with E-state index in [1.165, 1.54) is 20.8 Å². The lowest BCUT2D eigenvalue weighted by Gasteiger charge is -2.42. The summed E-state index contributed by atoms with van der Waals surface area (Å²) in [6.07, 6.45) is -3.05. The third kappa shape index (κ3) is 6.05. The van der Waals surface area contributed by atoms with Gasteiger partial charge in [0.2, 0.25) is 4.63 Å². The molecule has 1 rings (SSSR count). The number of halogens is 1. The second kappa shape index (κ2) is 8.14. The Hall–Kier alpha value is -1.84. The highest BCUT2D eigenvalue weighted by atomic mass is 79.9. The van der Waals surface area contributed by atoms with E-state index in [0.717, 1.165) is 0 Å². The van der Waals surface area contributed by atoms with Crippen molar-refractivity contribution in [2.75, 3.05) is 6.61 Å². The van der Waals surface area contributed by atoms with Gasteiger partial charge in [0.05, 0.1) is 0 Å². The Labute approximate surface area is 140 Å². The molecule has 0 unspecified atom stereocenters. The highest BCUT2D eigenvalue weighted by Gasteiger charge is 2.49. The van der Waals surface area contributed by atoms with E-state index in [1.807, 2.05) is 0 Å². The van der Waals surface area contributed by atoms with Crippen LogP contribution < -0.4 is 0 Å². The van der Waals surface area contributed by atoms with Crippen LogP contribution in [0.15, 0.2) is 5.11 Å². The van der Waals surface area contributed by atoms with Crippen molar-refractivity contribution >= 4 is 33.8 Å². The molecule has 11 heteroatoms. The second-order valence-electron chi connectivity index (χ2n) is 4.76. The van der Waals surface area contributed by atoms with Gasteiger partial charge in [-0.05, 0) is 26.6 Å². The normalized spacial score (nSPS) is 29.8. The fourth-order valence-corrected chi connectivity index (χ4v) is 2.71. The Kier molecular flexibility index (Phi) is 6.79. The second-order valence-corrected chi connectivity index (χ2v) is 6.00. The minimum absolute atomic E-state index is 0.0921. The van der Waals surface area contributed by atoms with Crippen LogP contribution in [0.1, 0.15) is 27.2 Å². The van der Waals surface area contributed by atoms with Crippen molar-refractivity contribution in [1.29, 1.82) is 0 Å². The molecule has 0 aliphatic carbocycles. The van der Waals surface area contributed by atoms with E-state index in [0.29, 0.717) is 0 Å². The number of hydrogen-bond donors (Lipinski definition) is 0. The molecule has 0 aromatic carbocycles. The lowest BCUT2D eigenvalue weighted by molar-refractivity contribution is -0.219. The number of azide groups is 1. The molecule has 0 amide bonds. The molecule has 0 radical (unpaired) electrons. The fourth-order valence-electron chi connectivity index (χ4n) is 2.08. The van der Waals surface area contributed by atoms with Gasteiger partial charge in [-0.1, -0.05) is 0 Å². The summed E-state index contributed by atoms with van der Waals surface area (Å²) in [4.78, 5) is 36.2. The number of alkyl halides is 1. The molecule has 1 aliphatic heterocycles. The van der Waals surface area contributed by atoms with E-state index >= 15 is 0 Å². The molecule has 1 saturated heterocycles. The van der Waals surface area contributed by atoms with E-state index in [4.69, 9.17) is 24.5 Å². The summed E-state index contributed by atoms with van der Waals surface area (Å²) < 4.78 is 19.1. The summed E-state index contributed by atoms with van der Waals surface area (Å²) >= 11 is 3.11. The monoisotopic (exact) mass is 393 g/mol. The Balaban J connectivity index is 3.09. The van der Waals surface area contributed by atoms with E-state index in [1.54, 1.807) is 0 Å². The van der Waals surface area contributed by atoms with Crippen molar-refractivity contribution < 1.29 is 33.3 Å². The van der Waals surface area contributed by atoms with Crippen LogP contribution in [0.4, 0.5) is 0 Å². The Morgan fingerprint density at radius 1 is 1.26 bits per heavy atom. The molecular formula is C12H16BrN3O7. The number of carbonyl (C=O) groups excluding carboxylic acids is 3. The van der Waals surface area contributed by atoms with Crippen LogP contribution in [0.25, 0.3) is 10.4 Å². The van der Waals surface area contributed by atoms with Gasteiger partial charge in [-0.3, -0.25) is 14.4 Å². The topological polar surface area (TPSA) is 137 Å². The van der Waals surface area contributed by atoms with E-state index in [9.17, 15) is 14.4 Å². The summed E-state index contributed by atoms with van der Waals surface area (Å²) in [6, 6.07) is 0. The molecule has 0 aromatic rings. The Bertz CT molecular complexity index is 537. The van der Waals surface area contributed by atoms with Crippen molar-refractivity contribution in [2.45, 2.75) is 50.1 Å². The number of ether oxygens (including phenoxy) is 4. The van der Waals surface area contributed by atoms with E-state index < -0.39 is 40.9 Å². The number of nitrogens with zero attached hydrogens (tertiary/aromatic N) is 3. The zero-order chi connectivity index (χ0) is 17.6. The first-order chi connectivity index (χ1) is 10.7. The maximum Gasteiger partial charge on any atom is 0.303 e. The first kappa shape index (κ1) is 19.2. The molecule has 1 aliphatic rings. The molecule has 10 nitrogen and oxygen atoms in total. The van der Waals surface area contributed by atoms with E-state index in [2.05, 4.69) is 26.0 Å². The standard InChI is InChI=1S/C12H16BrN3O7/c1-6(17)20-5-10-11(22-8(3)19)9(21-7(2)18)4-12(13,23-10)15-16-14/h9-11H,4-5H2,1-3H3/t9-,10-,11-,12+/m1/s1. The van der Waals surface area contributed by atoms with Crippen molar-refractivity contribution in [3.8, 4) is 0 Å². The third-order valence-electron chi connectivity index (χ3n) is 2.78. The van der Waals surface area contributed by atoms with Gasteiger partial charge in [-0.15, -0.1) is 0 Å². The van der Waals surface area contributed by atoms with Crippen molar-refractivity contribution in [1.82, 2.24) is 0 Å². The van der Waals surface area contributed by atoms with Gasteiger partial charge in [0, 0.05) is 32.1 Å². The maximum absolute atomic E-state index is 11.3.